The molecule has 170 valence electrons. The number of ether oxygens (including phenoxy) is 2. The Kier molecular flexibility index (Phi) is 7.95. The molecule has 31 heavy (non-hydrogen) atoms. The summed E-state index contributed by atoms with van der Waals surface area (Å²) in [5.41, 5.74) is 0.999. The van der Waals surface area contributed by atoms with Crippen LogP contribution in [0.15, 0.2) is 47.4 Å². The van der Waals surface area contributed by atoms with Crippen molar-refractivity contribution < 1.29 is 22.7 Å². The van der Waals surface area contributed by atoms with E-state index in [1.807, 2.05) is 27.7 Å². The van der Waals surface area contributed by atoms with Gasteiger partial charge in [-0.1, -0.05) is 26.8 Å². The van der Waals surface area contributed by atoms with Crippen LogP contribution in [0.5, 0.6) is 11.5 Å². The molecule has 2 aromatic rings. The molecule has 0 aromatic heterocycles. The average Bonchev–Trinajstić information content (AvgIpc) is 2.71. The van der Waals surface area contributed by atoms with Crippen molar-refractivity contribution in [1.82, 2.24) is 5.32 Å². The van der Waals surface area contributed by atoms with Gasteiger partial charge in [0.2, 0.25) is 5.91 Å². The Bertz CT molecular complexity index is 996. The van der Waals surface area contributed by atoms with E-state index >= 15 is 0 Å². The quantitative estimate of drug-likeness (QED) is 0.631. The van der Waals surface area contributed by atoms with Crippen molar-refractivity contribution in [2.75, 3.05) is 31.1 Å². The monoisotopic (exact) mass is 448 g/mol. The molecule has 0 fully saturated rings. The number of carbonyl (C=O) groups is 1. The van der Waals surface area contributed by atoms with Crippen molar-refractivity contribution in [2.24, 2.45) is 5.41 Å². The van der Waals surface area contributed by atoms with E-state index < -0.39 is 10.0 Å². The Morgan fingerprint density at radius 2 is 1.74 bits per heavy atom. The molecule has 0 aliphatic carbocycles. The molecule has 0 atom stereocenters. The SMILES string of the molecule is CCOc1ccc(N(CC(=O)NCC(C)(C)C)S(=O)(=O)c2cc(C)ccc2OC)cc1. The molecule has 1 N–H and O–H groups in total. The predicted molar refractivity (Wildman–Crippen MR) is 122 cm³/mol. The summed E-state index contributed by atoms with van der Waals surface area (Å²) in [4.78, 5) is 12.7. The number of anilines is 1. The van der Waals surface area contributed by atoms with Crippen LogP contribution in [0, 0.1) is 12.3 Å². The van der Waals surface area contributed by atoms with Gasteiger partial charge in [0.05, 0.1) is 19.4 Å². The summed E-state index contributed by atoms with van der Waals surface area (Å²) in [6.07, 6.45) is 0. The zero-order valence-corrected chi connectivity index (χ0v) is 19.9. The van der Waals surface area contributed by atoms with Crippen LogP contribution in [0.25, 0.3) is 0 Å². The largest absolute Gasteiger partial charge is 0.495 e. The number of benzene rings is 2. The summed E-state index contributed by atoms with van der Waals surface area (Å²) >= 11 is 0. The van der Waals surface area contributed by atoms with Crippen LogP contribution in [0.3, 0.4) is 0 Å². The van der Waals surface area contributed by atoms with Gasteiger partial charge in [-0.3, -0.25) is 9.10 Å². The van der Waals surface area contributed by atoms with Crippen molar-refractivity contribution in [3.8, 4) is 11.5 Å². The highest BCUT2D eigenvalue weighted by atomic mass is 32.2. The Morgan fingerprint density at radius 1 is 1.10 bits per heavy atom. The van der Waals surface area contributed by atoms with Gasteiger partial charge in [0, 0.05) is 6.54 Å². The number of nitrogens with zero attached hydrogens (tertiary/aromatic N) is 1. The molecule has 0 bridgehead atoms. The van der Waals surface area contributed by atoms with Crippen molar-refractivity contribution in [1.29, 1.82) is 0 Å². The van der Waals surface area contributed by atoms with Gasteiger partial charge < -0.3 is 14.8 Å². The van der Waals surface area contributed by atoms with Gasteiger partial charge in [-0.25, -0.2) is 8.42 Å². The molecule has 0 saturated heterocycles. The molecular formula is C23H32N2O5S. The maximum absolute atomic E-state index is 13.6. The Hall–Kier alpha value is -2.74. The van der Waals surface area contributed by atoms with Crippen LogP contribution in [-0.2, 0) is 14.8 Å². The van der Waals surface area contributed by atoms with E-state index in [1.165, 1.54) is 7.11 Å². The van der Waals surface area contributed by atoms with Crippen LogP contribution in [-0.4, -0.2) is 41.1 Å². The van der Waals surface area contributed by atoms with E-state index in [4.69, 9.17) is 9.47 Å². The second kappa shape index (κ2) is 10.0. The van der Waals surface area contributed by atoms with Gasteiger partial charge in [-0.15, -0.1) is 0 Å². The maximum atomic E-state index is 13.6. The average molecular weight is 449 g/mol. The van der Waals surface area contributed by atoms with E-state index in [1.54, 1.807) is 49.4 Å². The van der Waals surface area contributed by atoms with Crippen LogP contribution in [0.4, 0.5) is 5.69 Å². The summed E-state index contributed by atoms with van der Waals surface area (Å²) in [5, 5.41) is 2.82. The normalized spacial score (nSPS) is 11.7. The van der Waals surface area contributed by atoms with Gasteiger partial charge in [0.25, 0.3) is 10.0 Å². The molecule has 0 radical (unpaired) electrons. The van der Waals surface area contributed by atoms with Gasteiger partial charge in [-0.05, 0) is 61.2 Å². The minimum absolute atomic E-state index is 0.00695. The fourth-order valence-electron chi connectivity index (χ4n) is 2.84. The van der Waals surface area contributed by atoms with Crippen molar-refractivity contribution in [3.63, 3.8) is 0 Å². The third-order valence-corrected chi connectivity index (χ3v) is 6.22. The van der Waals surface area contributed by atoms with E-state index in [2.05, 4.69) is 5.32 Å². The summed E-state index contributed by atoms with van der Waals surface area (Å²) in [6, 6.07) is 11.5. The third-order valence-electron chi connectivity index (χ3n) is 4.43. The molecule has 1 amide bonds. The Labute approximate surface area is 185 Å². The summed E-state index contributed by atoms with van der Waals surface area (Å²) in [5.74, 6) is 0.449. The van der Waals surface area contributed by atoms with Gasteiger partial charge in [0.1, 0.15) is 22.9 Å². The summed E-state index contributed by atoms with van der Waals surface area (Å²) in [7, 11) is -2.67. The fraction of sp³-hybridized carbons (Fsp3) is 0.435. The standard InChI is InChI=1S/C23H32N2O5S/c1-7-30-19-11-9-18(10-12-19)25(15-22(26)24-16-23(3,4)5)31(27,28)21-14-17(2)8-13-20(21)29-6/h8-14H,7,15-16H2,1-6H3,(H,24,26). The van der Waals surface area contributed by atoms with Gasteiger partial charge >= 0.3 is 0 Å². The first-order chi connectivity index (χ1) is 14.5. The lowest BCUT2D eigenvalue weighted by Crippen LogP contribution is -2.43. The van der Waals surface area contributed by atoms with Crippen LogP contribution < -0.4 is 19.1 Å². The van der Waals surface area contributed by atoms with Crippen molar-refractivity contribution in [2.45, 2.75) is 39.5 Å². The third kappa shape index (κ3) is 6.62. The highest BCUT2D eigenvalue weighted by Crippen LogP contribution is 2.31. The molecule has 0 spiro atoms. The number of aryl methyl sites for hydroxylation is 1. The first-order valence-electron chi connectivity index (χ1n) is 10.1. The van der Waals surface area contributed by atoms with E-state index in [0.717, 1.165) is 9.87 Å². The second-order valence-corrected chi connectivity index (χ2v) is 10.3. The van der Waals surface area contributed by atoms with E-state index in [-0.39, 0.29) is 28.5 Å². The maximum Gasteiger partial charge on any atom is 0.268 e. The molecule has 0 saturated carbocycles. The molecule has 7 nitrogen and oxygen atoms in total. The number of methoxy groups -OCH3 is 1. The molecule has 2 rings (SSSR count). The smallest absolute Gasteiger partial charge is 0.268 e. The number of nitrogens with one attached hydrogen (secondary N) is 1. The summed E-state index contributed by atoms with van der Waals surface area (Å²) < 4.78 is 39.1. The molecule has 0 aliphatic rings. The zero-order valence-electron chi connectivity index (χ0n) is 19.1. The summed E-state index contributed by atoms with van der Waals surface area (Å²) in [6.45, 7) is 10.2. The van der Waals surface area contributed by atoms with Crippen LogP contribution in [0.1, 0.15) is 33.3 Å². The molecular weight excluding hydrogens is 416 g/mol. The minimum atomic E-state index is -4.09. The van der Waals surface area contributed by atoms with E-state index in [0.29, 0.717) is 24.6 Å². The number of amides is 1. The number of hydrogen-bond donors (Lipinski definition) is 1. The van der Waals surface area contributed by atoms with Gasteiger partial charge in [0.15, 0.2) is 0 Å². The second-order valence-electron chi connectivity index (χ2n) is 8.43. The molecule has 0 heterocycles. The lowest BCUT2D eigenvalue weighted by molar-refractivity contribution is -0.120. The topological polar surface area (TPSA) is 84.9 Å². The molecule has 2 aromatic carbocycles. The van der Waals surface area contributed by atoms with Gasteiger partial charge in [-0.2, -0.15) is 0 Å². The van der Waals surface area contributed by atoms with E-state index in [9.17, 15) is 13.2 Å². The van der Waals surface area contributed by atoms with Crippen LogP contribution >= 0.6 is 0 Å². The van der Waals surface area contributed by atoms with Crippen LogP contribution in [0.2, 0.25) is 0 Å². The lowest BCUT2D eigenvalue weighted by atomic mass is 9.97. The Morgan fingerprint density at radius 3 is 2.29 bits per heavy atom. The zero-order chi connectivity index (χ0) is 23.2. The molecule has 8 heteroatoms. The molecule has 0 unspecified atom stereocenters. The highest BCUT2D eigenvalue weighted by Gasteiger charge is 2.30. The Balaban J connectivity index is 2.48. The molecule has 0 aliphatic heterocycles. The number of carbonyl (C=O) groups excluding carboxylic acids is 1. The predicted octanol–water partition coefficient (Wildman–Crippen LogP) is 3.76. The highest BCUT2D eigenvalue weighted by molar-refractivity contribution is 7.93. The first-order valence-corrected chi connectivity index (χ1v) is 11.6. The fourth-order valence-corrected chi connectivity index (χ4v) is 4.51. The van der Waals surface area contributed by atoms with Crippen molar-refractivity contribution in [3.05, 3.63) is 48.0 Å². The minimum Gasteiger partial charge on any atom is -0.495 e. The number of hydrogen-bond acceptors (Lipinski definition) is 5. The van der Waals surface area contributed by atoms with Crippen molar-refractivity contribution >= 4 is 21.6 Å². The number of sulfonamides is 1. The number of rotatable bonds is 9. The lowest BCUT2D eigenvalue weighted by Gasteiger charge is -2.26. The first kappa shape index (κ1) is 24.5.